The number of nitrogens with one attached hydrogen (secondary N) is 1. The number of hydrazine groups is 1. The van der Waals surface area contributed by atoms with Crippen LogP contribution in [0.25, 0.3) is 5.69 Å². The molecule has 3 N–H and O–H groups in total. The molecule has 3 heterocycles. The molecule has 0 atom stereocenters. The third kappa shape index (κ3) is 6.69. The van der Waals surface area contributed by atoms with Crippen LogP contribution in [0.5, 0.6) is 0 Å². The summed E-state index contributed by atoms with van der Waals surface area (Å²) in [5, 5.41) is 4.91. The van der Waals surface area contributed by atoms with Crippen molar-refractivity contribution in [2.75, 3.05) is 12.0 Å². The van der Waals surface area contributed by atoms with Crippen molar-refractivity contribution in [1.29, 1.82) is 0 Å². The summed E-state index contributed by atoms with van der Waals surface area (Å²) in [5.41, 5.74) is 4.19. The molecule has 3 aromatic heterocycles. The largest absolute Gasteiger partial charge is 0.461 e. The van der Waals surface area contributed by atoms with Gasteiger partial charge in [-0.1, -0.05) is 23.2 Å². The predicted molar refractivity (Wildman–Crippen MR) is 107 cm³/mol. The van der Waals surface area contributed by atoms with Crippen LogP contribution in [0.3, 0.4) is 0 Å². The number of hydrogen-bond acceptors (Lipinski definition) is 7. The van der Waals surface area contributed by atoms with Crippen molar-refractivity contribution >= 4 is 47.3 Å². The molecule has 8 nitrogen and oxygen atoms in total. The van der Waals surface area contributed by atoms with E-state index in [2.05, 4.69) is 20.5 Å². The van der Waals surface area contributed by atoms with Gasteiger partial charge in [-0.05, 0) is 37.3 Å². The second kappa shape index (κ2) is 11.3. The number of ether oxygens (including phenoxy) is 1. The standard InChI is InChI=1S/C11H10ClN3O2.C5H6ClN3.ClH/c1-2-17-11(16)9-5-6-14-15(9)8-3-4-10(12)13-7-8;6-5-2-1-4(9-7)3-8-5;/h3-7H,2H2,1H3;1-3,9H,7H2;1H. The van der Waals surface area contributed by atoms with Gasteiger partial charge in [0.25, 0.3) is 0 Å². The molecule has 0 aliphatic heterocycles. The van der Waals surface area contributed by atoms with Crippen LogP contribution in [-0.4, -0.2) is 32.3 Å². The van der Waals surface area contributed by atoms with Gasteiger partial charge in [0, 0.05) is 0 Å². The van der Waals surface area contributed by atoms with Crippen molar-refractivity contribution in [2.24, 2.45) is 5.84 Å². The van der Waals surface area contributed by atoms with Crippen LogP contribution < -0.4 is 11.3 Å². The summed E-state index contributed by atoms with van der Waals surface area (Å²) in [6, 6.07) is 8.36. The summed E-state index contributed by atoms with van der Waals surface area (Å²) >= 11 is 11.2. The Kier molecular flexibility index (Phi) is 9.52. The first-order valence-electron chi connectivity index (χ1n) is 7.46. The van der Waals surface area contributed by atoms with Crippen LogP contribution >= 0.6 is 35.6 Å². The fourth-order valence-electron chi connectivity index (χ4n) is 1.82. The minimum absolute atomic E-state index is 0. The van der Waals surface area contributed by atoms with Crippen LogP contribution in [0, 0.1) is 0 Å². The highest BCUT2D eigenvalue weighted by Gasteiger charge is 2.14. The monoisotopic (exact) mass is 430 g/mol. The first-order valence-corrected chi connectivity index (χ1v) is 8.22. The lowest BCUT2D eigenvalue weighted by molar-refractivity contribution is 0.0515. The lowest BCUT2D eigenvalue weighted by atomic mass is 10.4. The molecule has 144 valence electrons. The molecule has 0 amide bonds. The van der Waals surface area contributed by atoms with Crippen molar-refractivity contribution in [3.05, 3.63) is 64.9 Å². The van der Waals surface area contributed by atoms with E-state index in [0.717, 1.165) is 5.69 Å². The summed E-state index contributed by atoms with van der Waals surface area (Å²) in [6.45, 7) is 2.07. The number of carbonyl (C=O) groups excluding carboxylic acids is 1. The van der Waals surface area contributed by atoms with E-state index in [0.29, 0.717) is 28.3 Å². The van der Waals surface area contributed by atoms with E-state index in [1.54, 1.807) is 43.5 Å². The van der Waals surface area contributed by atoms with Crippen LogP contribution in [0.4, 0.5) is 5.69 Å². The van der Waals surface area contributed by atoms with Crippen molar-refractivity contribution in [3.63, 3.8) is 0 Å². The average Bonchev–Trinajstić information content (AvgIpc) is 3.14. The molecule has 3 rings (SSSR count). The Morgan fingerprint density at radius 2 is 1.81 bits per heavy atom. The van der Waals surface area contributed by atoms with Crippen molar-refractivity contribution in [3.8, 4) is 5.69 Å². The van der Waals surface area contributed by atoms with Crippen LogP contribution in [-0.2, 0) is 4.74 Å². The van der Waals surface area contributed by atoms with Gasteiger partial charge in [0.05, 0.1) is 36.6 Å². The molecule has 0 fully saturated rings. The number of rotatable bonds is 4. The number of pyridine rings is 2. The van der Waals surface area contributed by atoms with Crippen LogP contribution in [0.15, 0.2) is 48.9 Å². The lowest BCUT2D eigenvalue weighted by Crippen LogP contribution is -2.12. The van der Waals surface area contributed by atoms with Gasteiger partial charge in [0.1, 0.15) is 10.3 Å². The van der Waals surface area contributed by atoms with Gasteiger partial charge >= 0.3 is 5.97 Å². The maximum atomic E-state index is 11.6. The summed E-state index contributed by atoms with van der Waals surface area (Å²) in [7, 11) is 0. The van der Waals surface area contributed by atoms with Gasteiger partial charge in [-0.15, -0.1) is 12.4 Å². The van der Waals surface area contributed by atoms with Gasteiger partial charge in [0.15, 0.2) is 5.69 Å². The highest BCUT2D eigenvalue weighted by atomic mass is 35.5. The zero-order valence-corrected chi connectivity index (χ0v) is 16.5. The van der Waals surface area contributed by atoms with Gasteiger partial charge in [0.2, 0.25) is 0 Å². The number of nitrogens with two attached hydrogens (primary N) is 1. The molecule has 0 aliphatic rings. The van der Waals surface area contributed by atoms with Crippen molar-refractivity contribution < 1.29 is 9.53 Å². The number of esters is 1. The normalized spacial score (nSPS) is 9.48. The smallest absolute Gasteiger partial charge is 0.357 e. The van der Waals surface area contributed by atoms with Crippen molar-refractivity contribution in [1.82, 2.24) is 19.7 Å². The van der Waals surface area contributed by atoms with Crippen LogP contribution in [0.1, 0.15) is 17.4 Å². The highest BCUT2D eigenvalue weighted by molar-refractivity contribution is 6.29. The number of halogens is 3. The number of nitrogen functional groups attached to an aromatic ring is 1. The van der Waals surface area contributed by atoms with E-state index in [1.807, 2.05) is 0 Å². The molecule has 0 spiro atoms. The maximum absolute atomic E-state index is 11.6. The van der Waals surface area contributed by atoms with Crippen LogP contribution in [0.2, 0.25) is 10.3 Å². The average molecular weight is 432 g/mol. The molecule has 0 saturated heterocycles. The van der Waals surface area contributed by atoms with Gasteiger partial charge in [-0.3, -0.25) is 5.84 Å². The first-order chi connectivity index (χ1) is 12.5. The van der Waals surface area contributed by atoms with E-state index in [4.69, 9.17) is 33.8 Å². The number of aromatic nitrogens is 4. The predicted octanol–water partition coefficient (Wildman–Crippen LogP) is 3.54. The Labute approximate surface area is 172 Å². The van der Waals surface area contributed by atoms with E-state index in [1.165, 1.54) is 17.1 Å². The molecule has 3 aromatic rings. The zero-order valence-electron chi connectivity index (χ0n) is 14.2. The minimum Gasteiger partial charge on any atom is -0.461 e. The molecule has 11 heteroatoms. The van der Waals surface area contributed by atoms with E-state index in [9.17, 15) is 4.79 Å². The fraction of sp³-hybridized carbons (Fsp3) is 0.125. The van der Waals surface area contributed by atoms with Gasteiger partial charge in [-0.2, -0.15) is 5.10 Å². The number of carbonyl (C=O) groups is 1. The Bertz CT molecular complexity index is 840. The quantitative estimate of drug-likeness (QED) is 0.281. The Morgan fingerprint density at radius 3 is 2.33 bits per heavy atom. The first kappa shape index (κ1) is 22.7. The second-order valence-electron chi connectivity index (χ2n) is 4.70. The third-order valence-electron chi connectivity index (χ3n) is 2.98. The molecule has 0 unspecified atom stereocenters. The van der Waals surface area contributed by atoms with Gasteiger partial charge < -0.3 is 10.2 Å². The Morgan fingerprint density at radius 1 is 1.15 bits per heavy atom. The number of hydrogen-bond donors (Lipinski definition) is 2. The summed E-state index contributed by atoms with van der Waals surface area (Å²) < 4.78 is 6.39. The highest BCUT2D eigenvalue weighted by Crippen LogP contribution is 2.12. The lowest BCUT2D eigenvalue weighted by Gasteiger charge is -2.06. The molecule has 0 aliphatic carbocycles. The van der Waals surface area contributed by atoms with E-state index in [-0.39, 0.29) is 12.4 Å². The van der Waals surface area contributed by atoms with Gasteiger partial charge in [-0.25, -0.2) is 19.4 Å². The minimum atomic E-state index is -0.417. The SMILES string of the molecule is CCOC(=O)c1ccnn1-c1ccc(Cl)nc1.Cl.NNc1ccc(Cl)nc1. The summed E-state index contributed by atoms with van der Waals surface area (Å²) in [6.07, 6.45) is 4.63. The fourth-order valence-corrected chi connectivity index (χ4v) is 2.05. The molecule has 0 bridgehead atoms. The third-order valence-corrected chi connectivity index (χ3v) is 3.42. The topological polar surface area (TPSA) is 108 Å². The molecule has 27 heavy (non-hydrogen) atoms. The van der Waals surface area contributed by atoms with E-state index >= 15 is 0 Å². The van der Waals surface area contributed by atoms with E-state index < -0.39 is 5.97 Å². The molecule has 0 saturated carbocycles. The zero-order chi connectivity index (χ0) is 18.9. The molecule has 0 aromatic carbocycles. The second-order valence-corrected chi connectivity index (χ2v) is 5.48. The number of anilines is 1. The molecular formula is C16H17Cl3N6O2. The Balaban J connectivity index is 0.000000310. The summed E-state index contributed by atoms with van der Waals surface area (Å²) in [4.78, 5) is 19.3. The molecular weight excluding hydrogens is 415 g/mol. The number of nitrogens with zero attached hydrogens (tertiary/aromatic N) is 4. The molecule has 0 radical (unpaired) electrons. The van der Waals surface area contributed by atoms with Crippen molar-refractivity contribution in [2.45, 2.75) is 6.92 Å². The summed E-state index contributed by atoms with van der Waals surface area (Å²) in [5.74, 6) is 4.65. The Hall–Kier alpha value is -2.39. The maximum Gasteiger partial charge on any atom is 0.357 e.